The van der Waals surface area contributed by atoms with Crippen molar-refractivity contribution in [3.05, 3.63) is 44.5 Å². The summed E-state index contributed by atoms with van der Waals surface area (Å²) in [5, 5.41) is 32.9. The normalized spacial score (nSPS) is 18.9. The summed E-state index contributed by atoms with van der Waals surface area (Å²) < 4.78 is 1.06. The van der Waals surface area contributed by atoms with Gasteiger partial charge < -0.3 is 26.1 Å². The molecule has 208 valence electrons. The van der Waals surface area contributed by atoms with Crippen LogP contribution in [0.4, 0.5) is 5.13 Å². The Bertz CT molecular complexity index is 1690. The Kier molecular flexibility index (Phi) is 7.21. The molecular weight excluding hydrogens is 590 g/mol. The number of fused-ring (bicyclic) bond motifs is 2. The third-order valence-electron chi connectivity index (χ3n) is 5.65. The Morgan fingerprint density at radius 2 is 2.05 bits per heavy atom. The Morgan fingerprint density at radius 3 is 2.70 bits per heavy atom. The zero-order chi connectivity index (χ0) is 28.7. The number of rotatable bonds is 9. The van der Waals surface area contributed by atoms with Crippen molar-refractivity contribution < 1.29 is 34.2 Å². The molecule has 0 radical (unpaired) electrons. The molecule has 6 N–H and O–H groups in total. The van der Waals surface area contributed by atoms with Crippen LogP contribution in [0.3, 0.4) is 0 Å². The van der Waals surface area contributed by atoms with Crippen LogP contribution in [0.25, 0.3) is 5.78 Å². The fraction of sp³-hybridized carbons (Fsp3) is 0.250. The number of aromatic carboxylic acids is 1. The second-order valence-electron chi connectivity index (χ2n) is 8.05. The Labute approximate surface area is 234 Å². The van der Waals surface area contributed by atoms with Crippen LogP contribution in [0.2, 0.25) is 0 Å². The van der Waals surface area contributed by atoms with Gasteiger partial charge in [0.1, 0.15) is 29.9 Å². The molecule has 0 spiro atoms. The standard InChI is InChI=1S/C20H17N9O8S3/c1-37-27-10(8-5-39-18(21)22-8)13(31)24-11-14(32)29-12(17(35)36)6(3-38-15(11)29)4-40-20-26-25-19-23-7(16(33)34)2-9(30)28(19)20/h2,5,11,15H,3-4H2,1H3,(H2,21,22)(H,23,25)(H,24,31)(H,33,34)(H,35,36)/b27-10-/t11-,15-/m1/s1. The number of aromatic nitrogens is 5. The molecule has 1 fully saturated rings. The molecule has 5 heterocycles. The topological polar surface area (TPSA) is 248 Å². The molecule has 0 aromatic carbocycles. The fourth-order valence-electron chi connectivity index (χ4n) is 3.94. The van der Waals surface area contributed by atoms with Crippen molar-refractivity contribution in [3.8, 4) is 0 Å². The average Bonchev–Trinajstić information content (AvgIpc) is 3.54. The second-order valence-corrected chi connectivity index (χ2v) is 11.0. The van der Waals surface area contributed by atoms with E-state index in [0.29, 0.717) is 5.57 Å². The summed E-state index contributed by atoms with van der Waals surface area (Å²) in [5.41, 5.74) is 4.61. The van der Waals surface area contributed by atoms with Gasteiger partial charge >= 0.3 is 11.9 Å². The first-order chi connectivity index (χ1) is 19.1. The van der Waals surface area contributed by atoms with E-state index in [1.165, 1.54) is 24.3 Å². The van der Waals surface area contributed by atoms with Gasteiger partial charge in [0, 0.05) is 23.0 Å². The summed E-state index contributed by atoms with van der Waals surface area (Å²) in [6.45, 7) is 0. The van der Waals surface area contributed by atoms with E-state index in [1.807, 2.05) is 0 Å². The number of anilines is 1. The number of carbonyl (C=O) groups excluding carboxylic acids is 2. The van der Waals surface area contributed by atoms with Gasteiger partial charge in [-0.05, 0) is 5.57 Å². The molecule has 1 saturated heterocycles. The number of nitrogens with zero attached hydrogens (tertiary/aromatic N) is 6. The highest BCUT2D eigenvalue weighted by molar-refractivity contribution is 8.01. The highest BCUT2D eigenvalue weighted by Gasteiger charge is 2.54. The maximum Gasteiger partial charge on any atom is 0.354 e. The van der Waals surface area contributed by atoms with Crippen LogP contribution in [0.5, 0.6) is 0 Å². The lowest BCUT2D eigenvalue weighted by Crippen LogP contribution is -2.71. The molecule has 20 heteroatoms. The minimum Gasteiger partial charge on any atom is -0.477 e. The number of thiazole rings is 1. The van der Waals surface area contributed by atoms with Crippen LogP contribution in [0.1, 0.15) is 16.2 Å². The number of carboxylic acid groups (broad SMARTS) is 2. The lowest BCUT2D eigenvalue weighted by atomic mass is 10.0. The minimum absolute atomic E-state index is 0.0468. The average molecular weight is 608 g/mol. The zero-order valence-corrected chi connectivity index (χ0v) is 22.5. The maximum atomic E-state index is 13.0. The summed E-state index contributed by atoms with van der Waals surface area (Å²) >= 11 is 3.34. The number of β-lactam (4-membered cyclic amide) rings is 1. The number of hydrogen-bond acceptors (Lipinski definition) is 14. The van der Waals surface area contributed by atoms with Crippen LogP contribution in [-0.2, 0) is 19.2 Å². The monoisotopic (exact) mass is 607 g/mol. The molecule has 2 amide bonds. The third kappa shape index (κ3) is 4.75. The van der Waals surface area contributed by atoms with E-state index in [2.05, 4.69) is 30.6 Å². The van der Waals surface area contributed by atoms with Crippen molar-refractivity contribution >= 4 is 75.2 Å². The van der Waals surface area contributed by atoms with Gasteiger partial charge in [0.05, 0.1) is 0 Å². The molecule has 17 nitrogen and oxygen atoms in total. The lowest BCUT2D eigenvalue weighted by molar-refractivity contribution is -0.150. The van der Waals surface area contributed by atoms with E-state index >= 15 is 0 Å². The van der Waals surface area contributed by atoms with Crippen LogP contribution in [-0.4, -0.2) is 99.2 Å². The van der Waals surface area contributed by atoms with Crippen LogP contribution in [0.15, 0.2) is 37.8 Å². The first-order valence-corrected chi connectivity index (χ1v) is 13.9. The van der Waals surface area contributed by atoms with Gasteiger partial charge in [0.15, 0.2) is 21.7 Å². The van der Waals surface area contributed by atoms with E-state index in [9.17, 15) is 29.1 Å². The number of nitrogens with two attached hydrogens (primary N) is 1. The van der Waals surface area contributed by atoms with Crippen molar-refractivity contribution in [2.75, 3.05) is 24.3 Å². The van der Waals surface area contributed by atoms with E-state index in [-0.39, 0.29) is 44.7 Å². The molecule has 0 unspecified atom stereocenters. The van der Waals surface area contributed by atoms with E-state index in [0.717, 1.165) is 38.5 Å². The first kappa shape index (κ1) is 27.1. The Morgan fingerprint density at radius 1 is 1.27 bits per heavy atom. The van der Waals surface area contributed by atoms with Crippen molar-refractivity contribution in [1.82, 2.24) is 34.8 Å². The van der Waals surface area contributed by atoms with Crippen molar-refractivity contribution in [2.24, 2.45) is 5.16 Å². The number of amides is 2. The number of aromatic amines is 1. The number of oxime groups is 1. The molecule has 2 atom stereocenters. The number of nitrogen functional groups attached to an aromatic ring is 1. The van der Waals surface area contributed by atoms with Gasteiger partial charge in [-0.1, -0.05) is 16.9 Å². The van der Waals surface area contributed by atoms with E-state index in [4.69, 9.17) is 15.7 Å². The van der Waals surface area contributed by atoms with Crippen LogP contribution in [0, 0.1) is 0 Å². The van der Waals surface area contributed by atoms with E-state index < -0.39 is 46.4 Å². The summed E-state index contributed by atoms with van der Waals surface area (Å²) in [6, 6.07) is -0.181. The highest BCUT2D eigenvalue weighted by Crippen LogP contribution is 2.41. The molecule has 0 saturated carbocycles. The number of carbonyl (C=O) groups is 4. The van der Waals surface area contributed by atoms with Gasteiger partial charge in [0.2, 0.25) is 5.78 Å². The number of aliphatic carboxylic acids is 1. The Hall–Kier alpha value is -4.43. The largest absolute Gasteiger partial charge is 0.477 e. The minimum atomic E-state index is -1.38. The zero-order valence-electron chi connectivity index (χ0n) is 20.1. The fourth-order valence-corrected chi connectivity index (χ4v) is 6.92. The molecular formula is C20H17N9O8S3. The third-order valence-corrected chi connectivity index (χ3v) is 8.69. The molecule has 5 rings (SSSR count). The number of H-pyrrole nitrogens is 1. The highest BCUT2D eigenvalue weighted by atomic mass is 32.2. The van der Waals surface area contributed by atoms with E-state index in [1.54, 1.807) is 0 Å². The number of thioether (sulfide) groups is 2. The number of carboxylic acids is 2. The van der Waals surface area contributed by atoms with Crippen LogP contribution < -0.4 is 16.6 Å². The van der Waals surface area contributed by atoms with Crippen LogP contribution >= 0.6 is 34.9 Å². The summed E-state index contributed by atoms with van der Waals surface area (Å²) in [6.07, 6.45) is 0. The van der Waals surface area contributed by atoms with Crippen molar-refractivity contribution in [2.45, 2.75) is 16.6 Å². The SMILES string of the molecule is CO/N=C(\C(=O)N[C@@H]1C(=O)N2C(C(=O)O)=C(CSc3n[nH]c4nc(C(=O)O)cc(=O)n34)CS[C@H]12)c1csc(N)n1. The molecule has 40 heavy (non-hydrogen) atoms. The van der Waals surface area contributed by atoms with Crippen molar-refractivity contribution in [1.29, 1.82) is 0 Å². The quantitative estimate of drug-likeness (QED) is 0.0850. The number of nitrogens with one attached hydrogen (secondary N) is 2. The lowest BCUT2D eigenvalue weighted by Gasteiger charge is -2.49. The molecule has 3 aromatic rings. The van der Waals surface area contributed by atoms with Gasteiger partial charge in [-0.25, -0.2) is 29.1 Å². The molecule has 3 aromatic heterocycles. The van der Waals surface area contributed by atoms with Gasteiger partial charge in [-0.15, -0.1) is 28.2 Å². The first-order valence-electron chi connectivity index (χ1n) is 11.0. The molecule has 2 aliphatic rings. The summed E-state index contributed by atoms with van der Waals surface area (Å²) in [5.74, 6) is -3.94. The molecule has 2 aliphatic heterocycles. The maximum absolute atomic E-state index is 13.0. The van der Waals surface area contributed by atoms with Gasteiger partial charge in [-0.3, -0.25) is 19.3 Å². The summed E-state index contributed by atoms with van der Waals surface area (Å²) in [7, 11) is 1.24. The van der Waals surface area contributed by atoms with Gasteiger partial charge in [0.25, 0.3) is 17.4 Å². The van der Waals surface area contributed by atoms with Gasteiger partial charge in [-0.2, -0.15) is 0 Å². The second kappa shape index (κ2) is 10.6. The van der Waals surface area contributed by atoms with Crippen molar-refractivity contribution in [3.63, 3.8) is 0 Å². The smallest absolute Gasteiger partial charge is 0.354 e. The number of hydrogen-bond donors (Lipinski definition) is 5. The Balaban J connectivity index is 1.33. The summed E-state index contributed by atoms with van der Waals surface area (Å²) in [4.78, 5) is 75.3. The predicted molar refractivity (Wildman–Crippen MR) is 141 cm³/mol. The molecule has 0 aliphatic carbocycles. The predicted octanol–water partition coefficient (Wildman–Crippen LogP) is -0.964. The molecule has 0 bridgehead atoms.